The van der Waals surface area contributed by atoms with Crippen LogP contribution in [0.5, 0.6) is 0 Å². The van der Waals surface area contributed by atoms with Crippen LogP contribution < -0.4 is 5.32 Å². The number of methoxy groups -OCH3 is 1. The fourth-order valence-electron chi connectivity index (χ4n) is 3.09. The van der Waals surface area contributed by atoms with Crippen LogP contribution in [0.25, 0.3) is 0 Å². The van der Waals surface area contributed by atoms with E-state index in [4.69, 9.17) is 4.74 Å². The first-order chi connectivity index (χ1) is 8.70. The van der Waals surface area contributed by atoms with Gasteiger partial charge in [0.1, 0.15) is 5.54 Å². The van der Waals surface area contributed by atoms with E-state index in [1.54, 1.807) is 7.11 Å². The van der Waals surface area contributed by atoms with Gasteiger partial charge in [-0.15, -0.1) is 0 Å². The minimum atomic E-state index is -0.539. The third-order valence-corrected chi connectivity index (χ3v) is 4.05. The number of rotatable bonds is 5. The molecule has 2 fully saturated rings. The Bertz CT molecular complexity index is 324. The lowest BCUT2D eigenvalue weighted by Gasteiger charge is -2.43. The van der Waals surface area contributed by atoms with Gasteiger partial charge >= 0.3 is 0 Å². The Morgan fingerprint density at radius 2 is 2.00 bits per heavy atom. The molecule has 5 nitrogen and oxygen atoms in total. The predicted molar refractivity (Wildman–Crippen MR) is 67.0 cm³/mol. The Labute approximate surface area is 108 Å². The van der Waals surface area contributed by atoms with Crippen LogP contribution in [0.15, 0.2) is 0 Å². The number of piperazine rings is 1. The van der Waals surface area contributed by atoms with Crippen LogP contribution >= 0.6 is 0 Å². The molecule has 18 heavy (non-hydrogen) atoms. The summed E-state index contributed by atoms with van der Waals surface area (Å²) in [5, 5.41) is 2.74. The third-order valence-electron chi connectivity index (χ3n) is 4.05. The van der Waals surface area contributed by atoms with Crippen molar-refractivity contribution in [2.45, 2.75) is 44.1 Å². The number of hydrogen-bond donors (Lipinski definition) is 1. The zero-order valence-electron chi connectivity index (χ0n) is 11.0. The number of ether oxygens (including phenoxy) is 1. The van der Waals surface area contributed by atoms with E-state index in [-0.39, 0.29) is 18.4 Å². The van der Waals surface area contributed by atoms with Gasteiger partial charge in [-0.3, -0.25) is 9.59 Å². The van der Waals surface area contributed by atoms with E-state index >= 15 is 0 Å². The lowest BCUT2D eigenvalue weighted by Crippen LogP contribution is -2.66. The van der Waals surface area contributed by atoms with Crippen molar-refractivity contribution in [3.63, 3.8) is 0 Å². The second kappa shape index (κ2) is 5.69. The molecule has 1 saturated heterocycles. The number of carbonyl (C=O) groups is 2. The summed E-state index contributed by atoms with van der Waals surface area (Å²) in [5.74, 6) is 0.111. The third kappa shape index (κ3) is 2.36. The Hall–Kier alpha value is -1.10. The Balaban J connectivity index is 2.02. The fourth-order valence-corrected chi connectivity index (χ4v) is 3.09. The smallest absolute Gasteiger partial charge is 0.246 e. The molecular weight excluding hydrogens is 232 g/mol. The van der Waals surface area contributed by atoms with Crippen LogP contribution in [0.3, 0.4) is 0 Å². The summed E-state index contributed by atoms with van der Waals surface area (Å²) >= 11 is 0. The number of nitrogens with zero attached hydrogens (tertiary/aromatic N) is 1. The predicted octanol–water partition coefficient (Wildman–Crippen LogP) is 0.684. The van der Waals surface area contributed by atoms with Crippen molar-refractivity contribution in [1.82, 2.24) is 10.2 Å². The zero-order valence-corrected chi connectivity index (χ0v) is 11.0. The van der Waals surface area contributed by atoms with E-state index in [1.165, 1.54) is 0 Å². The maximum atomic E-state index is 12.1. The van der Waals surface area contributed by atoms with Crippen molar-refractivity contribution in [3.8, 4) is 0 Å². The summed E-state index contributed by atoms with van der Waals surface area (Å²) in [4.78, 5) is 26.0. The molecule has 0 radical (unpaired) electrons. The van der Waals surface area contributed by atoms with Gasteiger partial charge in [0.15, 0.2) is 0 Å². The van der Waals surface area contributed by atoms with Crippen LogP contribution in [0.1, 0.15) is 38.5 Å². The summed E-state index contributed by atoms with van der Waals surface area (Å²) < 4.78 is 5.01. The first-order valence-electron chi connectivity index (χ1n) is 6.78. The molecule has 1 N–H and O–H groups in total. The SMILES string of the molecule is COCCCCN1C(=O)CNC(=O)C12CCCC2. The zero-order chi connectivity index (χ0) is 13.0. The Kier molecular flexibility index (Phi) is 4.22. The van der Waals surface area contributed by atoms with Gasteiger partial charge in [0, 0.05) is 20.3 Å². The van der Waals surface area contributed by atoms with Gasteiger partial charge in [-0.1, -0.05) is 12.8 Å². The van der Waals surface area contributed by atoms with Crippen molar-refractivity contribution in [3.05, 3.63) is 0 Å². The van der Waals surface area contributed by atoms with Crippen LogP contribution in [0.4, 0.5) is 0 Å². The van der Waals surface area contributed by atoms with E-state index < -0.39 is 5.54 Å². The van der Waals surface area contributed by atoms with Crippen molar-refractivity contribution >= 4 is 11.8 Å². The van der Waals surface area contributed by atoms with Crippen molar-refractivity contribution in [2.75, 3.05) is 26.8 Å². The van der Waals surface area contributed by atoms with Gasteiger partial charge < -0.3 is 15.0 Å². The molecule has 5 heteroatoms. The standard InChI is InChI=1S/C13H22N2O3/c1-18-9-5-4-8-15-11(16)10-14-12(17)13(15)6-2-3-7-13/h2-10H2,1H3,(H,14,17). The van der Waals surface area contributed by atoms with E-state index in [1.807, 2.05) is 4.90 Å². The molecule has 102 valence electrons. The number of amides is 2. The average molecular weight is 254 g/mol. The highest BCUT2D eigenvalue weighted by atomic mass is 16.5. The van der Waals surface area contributed by atoms with Gasteiger partial charge in [-0.25, -0.2) is 0 Å². The molecule has 1 saturated carbocycles. The van der Waals surface area contributed by atoms with Crippen LogP contribution in [0.2, 0.25) is 0 Å². The molecule has 0 bridgehead atoms. The molecule has 0 aromatic rings. The van der Waals surface area contributed by atoms with Crippen LogP contribution in [-0.4, -0.2) is 49.1 Å². The molecular formula is C13H22N2O3. The van der Waals surface area contributed by atoms with Crippen molar-refractivity contribution in [2.24, 2.45) is 0 Å². The fraction of sp³-hybridized carbons (Fsp3) is 0.846. The highest BCUT2D eigenvalue weighted by Gasteiger charge is 2.50. The molecule has 1 spiro atoms. The van der Waals surface area contributed by atoms with Crippen LogP contribution in [-0.2, 0) is 14.3 Å². The van der Waals surface area contributed by atoms with E-state index in [9.17, 15) is 9.59 Å². The largest absolute Gasteiger partial charge is 0.385 e. The van der Waals surface area contributed by atoms with E-state index in [2.05, 4.69) is 5.32 Å². The Morgan fingerprint density at radius 3 is 2.67 bits per heavy atom. The number of unbranched alkanes of at least 4 members (excludes halogenated alkanes) is 1. The number of hydrogen-bond acceptors (Lipinski definition) is 3. The van der Waals surface area contributed by atoms with E-state index in [0.717, 1.165) is 38.5 Å². The minimum absolute atomic E-state index is 0.0475. The minimum Gasteiger partial charge on any atom is -0.385 e. The van der Waals surface area contributed by atoms with Gasteiger partial charge in [0.05, 0.1) is 6.54 Å². The van der Waals surface area contributed by atoms with Crippen molar-refractivity contribution < 1.29 is 14.3 Å². The lowest BCUT2D eigenvalue weighted by molar-refractivity contribution is -0.153. The summed E-state index contributed by atoms with van der Waals surface area (Å²) in [6.07, 6.45) is 5.53. The second-order valence-electron chi connectivity index (χ2n) is 5.17. The highest BCUT2D eigenvalue weighted by Crippen LogP contribution is 2.37. The summed E-state index contributed by atoms with van der Waals surface area (Å²) in [6, 6.07) is 0. The molecule has 0 unspecified atom stereocenters. The Morgan fingerprint density at radius 1 is 1.28 bits per heavy atom. The van der Waals surface area contributed by atoms with E-state index in [0.29, 0.717) is 13.2 Å². The highest BCUT2D eigenvalue weighted by molar-refractivity contribution is 5.98. The summed E-state index contributed by atoms with van der Waals surface area (Å²) in [7, 11) is 1.68. The number of nitrogens with one attached hydrogen (secondary N) is 1. The van der Waals surface area contributed by atoms with Gasteiger partial charge in [-0.2, -0.15) is 0 Å². The lowest BCUT2D eigenvalue weighted by atomic mass is 9.91. The normalized spacial score (nSPS) is 22.6. The molecule has 2 rings (SSSR count). The maximum Gasteiger partial charge on any atom is 0.246 e. The maximum absolute atomic E-state index is 12.1. The first-order valence-corrected chi connectivity index (χ1v) is 6.78. The van der Waals surface area contributed by atoms with Gasteiger partial charge in [0.2, 0.25) is 11.8 Å². The van der Waals surface area contributed by atoms with Gasteiger partial charge in [0.25, 0.3) is 0 Å². The molecule has 1 heterocycles. The quantitative estimate of drug-likeness (QED) is 0.734. The topological polar surface area (TPSA) is 58.6 Å². The number of carbonyl (C=O) groups excluding carboxylic acids is 2. The molecule has 0 atom stereocenters. The van der Waals surface area contributed by atoms with Gasteiger partial charge in [-0.05, 0) is 25.7 Å². The average Bonchev–Trinajstić information content (AvgIpc) is 2.84. The molecule has 0 aromatic carbocycles. The molecule has 0 aromatic heterocycles. The van der Waals surface area contributed by atoms with Crippen molar-refractivity contribution in [1.29, 1.82) is 0 Å². The second-order valence-corrected chi connectivity index (χ2v) is 5.17. The summed E-state index contributed by atoms with van der Waals surface area (Å²) in [5.41, 5.74) is -0.539. The monoisotopic (exact) mass is 254 g/mol. The molecule has 2 aliphatic rings. The van der Waals surface area contributed by atoms with Crippen LogP contribution in [0, 0.1) is 0 Å². The molecule has 1 aliphatic carbocycles. The molecule has 1 aliphatic heterocycles. The summed E-state index contributed by atoms with van der Waals surface area (Å²) in [6.45, 7) is 1.54. The first kappa shape index (κ1) is 13.3. The molecule has 2 amide bonds.